The molecule has 1 fully saturated rings. The van der Waals surface area contributed by atoms with Crippen molar-refractivity contribution in [2.45, 2.75) is 6.18 Å². The standard InChI is InChI=1S/C16H16F3N5OS/c1-23-4-6-24(7-5-23)13-9-20-15(26-13)22-14-21-11-3-2-10(16(17,18)19)8-12(11)25-14/h2-3,8-9H,4-7H2,1H3,(H,20,21,22). The topological polar surface area (TPSA) is 57.4 Å². The zero-order valence-corrected chi connectivity index (χ0v) is 14.7. The fourth-order valence-corrected chi connectivity index (χ4v) is 3.60. The summed E-state index contributed by atoms with van der Waals surface area (Å²) in [7, 11) is 2.09. The van der Waals surface area contributed by atoms with Crippen LogP contribution in [0, 0.1) is 0 Å². The summed E-state index contributed by atoms with van der Waals surface area (Å²) in [5, 5.41) is 4.55. The van der Waals surface area contributed by atoms with E-state index in [1.165, 1.54) is 17.4 Å². The minimum absolute atomic E-state index is 0.0816. The number of oxazole rings is 1. The third kappa shape index (κ3) is 3.47. The van der Waals surface area contributed by atoms with Crippen molar-refractivity contribution in [3.8, 4) is 0 Å². The lowest BCUT2D eigenvalue weighted by Gasteiger charge is -2.32. The number of halogens is 3. The zero-order valence-electron chi connectivity index (χ0n) is 13.9. The van der Waals surface area contributed by atoms with E-state index in [4.69, 9.17) is 4.42 Å². The lowest BCUT2D eigenvalue weighted by molar-refractivity contribution is -0.137. The second kappa shape index (κ2) is 6.44. The van der Waals surface area contributed by atoms with Crippen LogP contribution in [0.2, 0.25) is 0 Å². The first-order chi connectivity index (χ1) is 12.4. The van der Waals surface area contributed by atoms with Gasteiger partial charge in [0.05, 0.1) is 11.8 Å². The molecule has 3 heterocycles. The summed E-state index contributed by atoms with van der Waals surface area (Å²) < 4.78 is 43.7. The van der Waals surface area contributed by atoms with E-state index in [0.29, 0.717) is 10.6 Å². The number of fused-ring (bicyclic) bond motifs is 1. The van der Waals surface area contributed by atoms with Crippen LogP contribution in [0.5, 0.6) is 0 Å². The van der Waals surface area contributed by atoms with E-state index in [1.807, 2.05) is 0 Å². The van der Waals surface area contributed by atoms with Crippen molar-refractivity contribution in [1.29, 1.82) is 0 Å². The highest BCUT2D eigenvalue weighted by Gasteiger charge is 2.31. The first-order valence-electron chi connectivity index (χ1n) is 8.02. The molecule has 26 heavy (non-hydrogen) atoms. The highest BCUT2D eigenvalue weighted by atomic mass is 32.1. The van der Waals surface area contributed by atoms with Gasteiger partial charge in [-0.25, -0.2) is 4.98 Å². The number of aromatic nitrogens is 2. The number of benzene rings is 1. The molecule has 0 atom stereocenters. The van der Waals surface area contributed by atoms with E-state index < -0.39 is 11.7 Å². The van der Waals surface area contributed by atoms with Gasteiger partial charge >= 0.3 is 12.2 Å². The van der Waals surface area contributed by atoms with Crippen LogP contribution in [0.3, 0.4) is 0 Å². The van der Waals surface area contributed by atoms with Crippen LogP contribution in [-0.2, 0) is 6.18 Å². The molecule has 1 aliphatic rings. The Bertz CT molecular complexity index is 914. The monoisotopic (exact) mass is 383 g/mol. The van der Waals surface area contributed by atoms with Crippen LogP contribution in [0.25, 0.3) is 11.1 Å². The molecule has 0 saturated carbocycles. The number of anilines is 3. The number of piperazine rings is 1. The van der Waals surface area contributed by atoms with Gasteiger partial charge in [-0.1, -0.05) is 11.3 Å². The summed E-state index contributed by atoms with van der Waals surface area (Å²) in [6, 6.07) is 3.36. The third-order valence-corrected chi connectivity index (χ3v) is 5.21. The van der Waals surface area contributed by atoms with Gasteiger partial charge in [0, 0.05) is 26.2 Å². The van der Waals surface area contributed by atoms with Crippen LogP contribution in [0.4, 0.5) is 29.3 Å². The van der Waals surface area contributed by atoms with E-state index in [0.717, 1.165) is 43.3 Å². The predicted molar refractivity (Wildman–Crippen MR) is 94.1 cm³/mol. The highest BCUT2D eigenvalue weighted by Crippen LogP contribution is 2.34. The van der Waals surface area contributed by atoms with E-state index in [1.54, 1.807) is 6.20 Å². The second-order valence-corrected chi connectivity index (χ2v) is 7.13. The van der Waals surface area contributed by atoms with Gasteiger partial charge in [0.1, 0.15) is 10.5 Å². The van der Waals surface area contributed by atoms with Crippen molar-refractivity contribution >= 4 is 38.6 Å². The molecule has 0 aliphatic carbocycles. The molecule has 138 valence electrons. The van der Waals surface area contributed by atoms with E-state index >= 15 is 0 Å². The quantitative estimate of drug-likeness (QED) is 0.743. The molecule has 0 spiro atoms. The molecule has 2 aromatic heterocycles. The van der Waals surface area contributed by atoms with Gasteiger partial charge in [-0.3, -0.25) is 5.32 Å². The molecule has 1 aliphatic heterocycles. The van der Waals surface area contributed by atoms with Crippen molar-refractivity contribution in [3.63, 3.8) is 0 Å². The summed E-state index contributed by atoms with van der Waals surface area (Å²) in [5.41, 5.74) is -0.325. The van der Waals surface area contributed by atoms with Crippen LogP contribution < -0.4 is 10.2 Å². The number of alkyl halides is 3. The number of thiazole rings is 1. The minimum Gasteiger partial charge on any atom is -0.423 e. The maximum absolute atomic E-state index is 12.8. The maximum Gasteiger partial charge on any atom is 0.416 e. The molecule has 0 bridgehead atoms. The first kappa shape index (κ1) is 17.1. The lowest BCUT2D eigenvalue weighted by Crippen LogP contribution is -2.44. The number of nitrogens with one attached hydrogen (secondary N) is 1. The van der Waals surface area contributed by atoms with Crippen molar-refractivity contribution in [2.24, 2.45) is 0 Å². The molecular weight excluding hydrogens is 367 g/mol. The van der Waals surface area contributed by atoms with E-state index in [9.17, 15) is 13.2 Å². The Morgan fingerprint density at radius 1 is 1.19 bits per heavy atom. The Hall–Kier alpha value is -2.33. The summed E-state index contributed by atoms with van der Waals surface area (Å²) in [4.78, 5) is 13.0. The Labute approximate surface area is 151 Å². The van der Waals surface area contributed by atoms with Crippen LogP contribution in [-0.4, -0.2) is 48.1 Å². The normalized spacial score (nSPS) is 16.4. The Morgan fingerprint density at radius 2 is 1.96 bits per heavy atom. The lowest BCUT2D eigenvalue weighted by atomic mass is 10.2. The molecule has 6 nitrogen and oxygen atoms in total. The van der Waals surface area contributed by atoms with Gasteiger partial charge in [0.2, 0.25) is 0 Å². The van der Waals surface area contributed by atoms with Crippen molar-refractivity contribution in [1.82, 2.24) is 14.9 Å². The first-order valence-corrected chi connectivity index (χ1v) is 8.84. The molecule has 0 radical (unpaired) electrons. The average molecular weight is 383 g/mol. The molecular formula is C16H16F3N5OS. The molecule has 1 aromatic carbocycles. The fraction of sp³-hybridized carbons (Fsp3) is 0.375. The second-order valence-electron chi connectivity index (χ2n) is 6.12. The number of nitrogens with zero attached hydrogens (tertiary/aromatic N) is 4. The molecule has 0 unspecified atom stereocenters. The largest absolute Gasteiger partial charge is 0.423 e. The average Bonchev–Trinajstić information content (AvgIpc) is 3.20. The summed E-state index contributed by atoms with van der Waals surface area (Å²) in [5.74, 6) is 0. The van der Waals surface area contributed by atoms with Crippen molar-refractivity contribution < 1.29 is 17.6 Å². The van der Waals surface area contributed by atoms with Gasteiger partial charge < -0.3 is 14.2 Å². The highest BCUT2D eigenvalue weighted by molar-refractivity contribution is 7.19. The Morgan fingerprint density at radius 3 is 2.69 bits per heavy atom. The van der Waals surface area contributed by atoms with Crippen molar-refractivity contribution in [2.75, 3.05) is 43.4 Å². The van der Waals surface area contributed by atoms with Crippen LogP contribution in [0.15, 0.2) is 28.8 Å². The summed E-state index contributed by atoms with van der Waals surface area (Å²) in [6.07, 6.45) is -2.63. The number of hydrogen-bond acceptors (Lipinski definition) is 7. The van der Waals surface area contributed by atoms with Gasteiger partial charge in [0.25, 0.3) is 0 Å². The molecule has 3 aromatic rings. The molecule has 10 heteroatoms. The van der Waals surface area contributed by atoms with Gasteiger partial charge in [0.15, 0.2) is 10.7 Å². The number of rotatable bonds is 3. The van der Waals surface area contributed by atoms with Gasteiger partial charge in [-0.15, -0.1) is 0 Å². The molecule has 1 N–H and O–H groups in total. The minimum atomic E-state index is -4.42. The van der Waals surface area contributed by atoms with Gasteiger partial charge in [-0.05, 0) is 25.2 Å². The fourth-order valence-electron chi connectivity index (χ4n) is 2.74. The number of likely N-dealkylation sites (N-methyl/N-ethyl adjacent to an activating group) is 1. The molecule has 4 rings (SSSR count). The zero-order chi connectivity index (χ0) is 18.3. The van der Waals surface area contributed by atoms with Gasteiger partial charge in [-0.2, -0.15) is 18.2 Å². The van der Waals surface area contributed by atoms with Crippen molar-refractivity contribution in [3.05, 3.63) is 30.0 Å². The maximum atomic E-state index is 12.8. The molecule has 1 saturated heterocycles. The number of hydrogen-bond donors (Lipinski definition) is 1. The summed E-state index contributed by atoms with van der Waals surface area (Å²) in [6.45, 7) is 3.85. The Balaban J connectivity index is 1.50. The third-order valence-electron chi connectivity index (χ3n) is 4.24. The molecule has 0 amide bonds. The van der Waals surface area contributed by atoms with Crippen LogP contribution in [0.1, 0.15) is 5.56 Å². The smallest absolute Gasteiger partial charge is 0.416 e. The van der Waals surface area contributed by atoms with E-state index in [2.05, 4.69) is 32.1 Å². The summed E-state index contributed by atoms with van der Waals surface area (Å²) >= 11 is 1.46. The van der Waals surface area contributed by atoms with Crippen LogP contribution >= 0.6 is 11.3 Å². The predicted octanol–water partition coefficient (Wildman–Crippen LogP) is 3.80. The SMILES string of the molecule is CN1CCN(c2cnc(Nc3nc4ccc(C(F)(F)F)cc4o3)s2)CC1. The Kier molecular flexibility index (Phi) is 4.23. The van der Waals surface area contributed by atoms with E-state index in [-0.39, 0.29) is 11.6 Å².